The van der Waals surface area contributed by atoms with Crippen LogP contribution in [0.4, 0.5) is 0 Å². The van der Waals surface area contributed by atoms with E-state index in [4.69, 9.17) is 4.74 Å². The van der Waals surface area contributed by atoms with Crippen molar-refractivity contribution >= 4 is 11.8 Å². The second kappa shape index (κ2) is 12.0. The number of hydrogen-bond donors (Lipinski definition) is 2. The summed E-state index contributed by atoms with van der Waals surface area (Å²) in [5.74, 6) is 1.24. The molecule has 1 aromatic carbocycles. The van der Waals surface area contributed by atoms with Gasteiger partial charge in [-0.15, -0.1) is 0 Å². The summed E-state index contributed by atoms with van der Waals surface area (Å²) in [6.07, 6.45) is 5.43. The summed E-state index contributed by atoms with van der Waals surface area (Å²) in [7, 11) is 0. The minimum absolute atomic E-state index is 0.0207. The molecular formula is C17H29NO2S. The third-order valence-electron chi connectivity index (χ3n) is 3.39. The topological polar surface area (TPSA) is 41.5 Å². The highest BCUT2D eigenvalue weighted by Crippen LogP contribution is 2.15. The van der Waals surface area contributed by atoms with Crippen LogP contribution in [0.15, 0.2) is 30.3 Å². The Bertz CT molecular complexity index is 348. The molecule has 3 nitrogen and oxygen atoms in total. The van der Waals surface area contributed by atoms with Crippen LogP contribution in [0.25, 0.3) is 0 Å². The molecule has 21 heavy (non-hydrogen) atoms. The second-order valence-corrected chi connectivity index (χ2v) is 6.28. The summed E-state index contributed by atoms with van der Waals surface area (Å²) in [4.78, 5) is 0. The summed E-state index contributed by atoms with van der Waals surface area (Å²) in [6.45, 7) is 3.96. The van der Waals surface area contributed by atoms with Crippen LogP contribution >= 0.6 is 11.8 Å². The van der Waals surface area contributed by atoms with Gasteiger partial charge in [0.15, 0.2) is 0 Å². The number of ether oxygens (including phenoxy) is 1. The zero-order chi connectivity index (χ0) is 15.3. The molecule has 0 amide bonds. The van der Waals surface area contributed by atoms with Crippen LogP contribution in [-0.4, -0.2) is 42.9 Å². The van der Waals surface area contributed by atoms with Crippen molar-refractivity contribution in [1.82, 2.24) is 5.32 Å². The van der Waals surface area contributed by atoms with Crippen molar-refractivity contribution in [3.05, 3.63) is 35.9 Å². The van der Waals surface area contributed by atoms with Gasteiger partial charge < -0.3 is 15.2 Å². The average molecular weight is 311 g/mol. The second-order valence-electron chi connectivity index (χ2n) is 5.30. The van der Waals surface area contributed by atoms with Gasteiger partial charge in [-0.3, -0.25) is 0 Å². The maximum absolute atomic E-state index is 9.89. The van der Waals surface area contributed by atoms with E-state index >= 15 is 0 Å². The zero-order valence-electron chi connectivity index (χ0n) is 13.3. The van der Waals surface area contributed by atoms with Crippen molar-refractivity contribution in [2.24, 2.45) is 0 Å². The minimum Gasteiger partial charge on any atom is -0.389 e. The van der Waals surface area contributed by atoms with Crippen LogP contribution < -0.4 is 5.32 Å². The van der Waals surface area contributed by atoms with Crippen LogP contribution in [0, 0.1) is 0 Å². The molecular weight excluding hydrogens is 282 g/mol. The molecule has 4 heteroatoms. The van der Waals surface area contributed by atoms with Crippen LogP contribution in [0.2, 0.25) is 0 Å². The lowest BCUT2D eigenvalue weighted by atomic mass is 10.1. The normalized spacial score (nSPS) is 14.0. The van der Waals surface area contributed by atoms with Crippen LogP contribution in [0.5, 0.6) is 0 Å². The van der Waals surface area contributed by atoms with Gasteiger partial charge in [-0.05, 0) is 43.9 Å². The quantitative estimate of drug-likeness (QED) is 0.582. The molecule has 1 rings (SSSR count). The van der Waals surface area contributed by atoms with Crippen LogP contribution in [-0.2, 0) is 4.74 Å². The van der Waals surface area contributed by atoms with Crippen molar-refractivity contribution in [3.63, 3.8) is 0 Å². The molecule has 0 aliphatic carbocycles. The lowest BCUT2D eigenvalue weighted by molar-refractivity contribution is -0.00197. The van der Waals surface area contributed by atoms with E-state index in [2.05, 4.69) is 11.6 Å². The molecule has 2 unspecified atom stereocenters. The van der Waals surface area contributed by atoms with Gasteiger partial charge in [0.1, 0.15) is 0 Å². The first-order chi connectivity index (χ1) is 10.2. The highest BCUT2D eigenvalue weighted by molar-refractivity contribution is 7.98. The number of hydrogen-bond acceptors (Lipinski definition) is 4. The average Bonchev–Trinajstić information content (AvgIpc) is 2.52. The fourth-order valence-electron chi connectivity index (χ4n) is 2.08. The van der Waals surface area contributed by atoms with E-state index in [0.717, 1.165) is 12.1 Å². The summed E-state index contributed by atoms with van der Waals surface area (Å²) >= 11 is 1.90. The van der Waals surface area contributed by atoms with Gasteiger partial charge in [-0.2, -0.15) is 11.8 Å². The van der Waals surface area contributed by atoms with Gasteiger partial charge >= 0.3 is 0 Å². The smallest absolute Gasteiger partial charge is 0.0897 e. The SMILES string of the molecule is CSCCCCCNCC(O)COC(C)c1ccccc1. The highest BCUT2D eigenvalue weighted by atomic mass is 32.2. The molecule has 2 atom stereocenters. The van der Waals surface area contributed by atoms with Gasteiger partial charge in [-0.1, -0.05) is 36.8 Å². The fourth-order valence-corrected chi connectivity index (χ4v) is 2.57. The number of rotatable bonds is 12. The molecule has 0 fully saturated rings. The molecule has 0 radical (unpaired) electrons. The summed E-state index contributed by atoms with van der Waals surface area (Å²) < 4.78 is 5.71. The molecule has 0 aliphatic heterocycles. The van der Waals surface area contributed by atoms with Gasteiger partial charge in [0.25, 0.3) is 0 Å². The van der Waals surface area contributed by atoms with Gasteiger partial charge in [0, 0.05) is 6.54 Å². The van der Waals surface area contributed by atoms with Crippen LogP contribution in [0.1, 0.15) is 37.9 Å². The predicted molar refractivity (Wildman–Crippen MR) is 91.9 cm³/mol. The largest absolute Gasteiger partial charge is 0.389 e. The van der Waals surface area contributed by atoms with Crippen molar-refractivity contribution in [2.45, 2.75) is 38.4 Å². The summed E-state index contributed by atoms with van der Waals surface area (Å²) in [5, 5.41) is 13.2. The Morgan fingerprint density at radius 2 is 1.95 bits per heavy atom. The Balaban J connectivity index is 2.02. The lowest BCUT2D eigenvalue weighted by Crippen LogP contribution is -2.31. The van der Waals surface area contributed by atoms with Gasteiger partial charge in [0.05, 0.1) is 18.8 Å². The zero-order valence-corrected chi connectivity index (χ0v) is 14.1. The van der Waals surface area contributed by atoms with E-state index < -0.39 is 6.10 Å². The molecule has 0 heterocycles. The molecule has 0 saturated carbocycles. The summed E-state index contributed by atoms with van der Waals surface area (Å²) in [6, 6.07) is 10.1. The molecule has 0 aromatic heterocycles. The van der Waals surface area contributed by atoms with Crippen molar-refractivity contribution in [2.75, 3.05) is 31.7 Å². The molecule has 2 N–H and O–H groups in total. The third-order valence-corrected chi connectivity index (χ3v) is 4.09. The van der Waals surface area contributed by atoms with Crippen molar-refractivity contribution in [3.8, 4) is 0 Å². The van der Waals surface area contributed by atoms with E-state index in [9.17, 15) is 5.11 Å². The number of thioether (sulfide) groups is 1. The maximum Gasteiger partial charge on any atom is 0.0897 e. The summed E-state index contributed by atoms with van der Waals surface area (Å²) in [5.41, 5.74) is 1.14. The Morgan fingerprint density at radius 1 is 1.19 bits per heavy atom. The monoisotopic (exact) mass is 311 g/mol. The van der Waals surface area contributed by atoms with Crippen LogP contribution in [0.3, 0.4) is 0 Å². The first kappa shape index (κ1) is 18.5. The predicted octanol–water partition coefficient (Wildman–Crippen LogP) is 3.25. The molecule has 0 aliphatic rings. The van der Waals surface area contributed by atoms with E-state index in [-0.39, 0.29) is 6.10 Å². The van der Waals surface area contributed by atoms with Gasteiger partial charge in [0.2, 0.25) is 0 Å². The minimum atomic E-state index is -0.442. The van der Waals surface area contributed by atoms with E-state index in [1.54, 1.807) is 0 Å². The standard InChI is InChI=1S/C17H29NO2S/c1-15(16-9-5-3-6-10-16)20-14-17(19)13-18-11-7-4-8-12-21-2/h3,5-6,9-10,15,17-19H,4,7-8,11-14H2,1-2H3. The molecule has 0 saturated heterocycles. The van der Waals surface area contributed by atoms with E-state index in [1.807, 2.05) is 49.0 Å². The first-order valence-corrected chi connectivity index (χ1v) is 9.17. The molecule has 1 aromatic rings. The number of unbranched alkanes of at least 4 members (excludes halogenated alkanes) is 2. The lowest BCUT2D eigenvalue weighted by Gasteiger charge is -2.17. The van der Waals surface area contributed by atoms with Crippen molar-refractivity contribution in [1.29, 1.82) is 0 Å². The van der Waals surface area contributed by atoms with E-state index in [0.29, 0.717) is 13.2 Å². The molecule has 0 spiro atoms. The number of benzene rings is 1. The number of aliphatic hydroxyl groups is 1. The maximum atomic E-state index is 9.89. The third kappa shape index (κ3) is 9.14. The molecule has 120 valence electrons. The highest BCUT2D eigenvalue weighted by Gasteiger charge is 2.09. The number of aliphatic hydroxyl groups excluding tert-OH is 1. The molecule has 0 bridgehead atoms. The Hall–Kier alpha value is -0.550. The van der Waals surface area contributed by atoms with E-state index in [1.165, 1.54) is 25.0 Å². The van der Waals surface area contributed by atoms with Gasteiger partial charge in [-0.25, -0.2) is 0 Å². The first-order valence-electron chi connectivity index (χ1n) is 7.78. The Labute approximate surface area is 133 Å². The fraction of sp³-hybridized carbons (Fsp3) is 0.647. The Kier molecular flexibility index (Phi) is 10.6. The van der Waals surface area contributed by atoms with Crippen molar-refractivity contribution < 1.29 is 9.84 Å². The Morgan fingerprint density at radius 3 is 2.67 bits per heavy atom. The number of nitrogens with one attached hydrogen (secondary N) is 1.